The van der Waals surface area contributed by atoms with Gasteiger partial charge in [-0.05, 0) is 52.1 Å². The van der Waals surface area contributed by atoms with E-state index in [0.717, 1.165) is 36.5 Å². The molecule has 0 N–H and O–H groups in total. The fourth-order valence-corrected chi connectivity index (χ4v) is 6.52. The molecule has 0 unspecified atom stereocenters. The van der Waals surface area contributed by atoms with Gasteiger partial charge in [0.2, 0.25) is 10.0 Å². The minimum Gasteiger partial charge on any atom is -0.497 e. The molecule has 5 nitrogen and oxygen atoms in total. The average molecular weight is 473 g/mol. The van der Waals surface area contributed by atoms with Crippen molar-refractivity contribution in [3.63, 3.8) is 0 Å². The fraction of sp³-hybridized carbons (Fsp3) is 0.556. The van der Waals surface area contributed by atoms with Crippen LogP contribution in [0.2, 0.25) is 0 Å². The number of sulfonamides is 1. The first kappa shape index (κ1) is 25.7. The lowest BCUT2D eigenvalue weighted by Crippen LogP contribution is -2.48. The van der Waals surface area contributed by atoms with E-state index in [4.69, 9.17) is 4.74 Å². The predicted molar refractivity (Wildman–Crippen MR) is 136 cm³/mol. The van der Waals surface area contributed by atoms with Crippen molar-refractivity contribution in [3.05, 3.63) is 58.7 Å². The first-order valence-electron chi connectivity index (χ1n) is 12.1. The SMILES string of the molecule is COc1ccc(CN2CCN(S(=O)(=O)c3c(C(C)C)cc(C(C)C)cc3C(C)C)CC2)cc1. The summed E-state index contributed by atoms with van der Waals surface area (Å²) in [5, 5.41) is 0. The highest BCUT2D eigenvalue weighted by molar-refractivity contribution is 7.89. The molecule has 1 aliphatic rings. The van der Waals surface area contributed by atoms with Gasteiger partial charge in [0.25, 0.3) is 0 Å². The third kappa shape index (κ3) is 5.79. The molecule has 0 aromatic heterocycles. The van der Waals surface area contributed by atoms with Crippen LogP contribution in [0.4, 0.5) is 0 Å². The minimum atomic E-state index is -3.57. The summed E-state index contributed by atoms with van der Waals surface area (Å²) in [4.78, 5) is 2.86. The highest BCUT2D eigenvalue weighted by Crippen LogP contribution is 2.37. The number of nitrogens with zero attached hydrogens (tertiary/aromatic N) is 2. The summed E-state index contributed by atoms with van der Waals surface area (Å²) in [7, 11) is -1.90. The molecule has 2 aromatic rings. The molecule has 2 aromatic carbocycles. The number of hydrogen-bond donors (Lipinski definition) is 0. The molecule has 0 saturated carbocycles. The molecular weight excluding hydrogens is 432 g/mol. The molecule has 0 spiro atoms. The monoisotopic (exact) mass is 472 g/mol. The number of rotatable bonds is 8. The molecule has 1 heterocycles. The van der Waals surface area contributed by atoms with Crippen molar-refractivity contribution in [2.75, 3.05) is 33.3 Å². The molecular formula is C27H40N2O3S. The van der Waals surface area contributed by atoms with Gasteiger partial charge in [-0.1, -0.05) is 65.8 Å². The molecule has 0 bridgehead atoms. The summed E-state index contributed by atoms with van der Waals surface area (Å²) in [5.74, 6) is 1.49. The second kappa shape index (κ2) is 10.6. The summed E-state index contributed by atoms with van der Waals surface area (Å²) >= 11 is 0. The molecule has 0 radical (unpaired) electrons. The van der Waals surface area contributed by atoms with Gasteiger partial charge in [-0.2, -0.15) is 4.31 Å². The third-order valence-corrected chi connectivity index (χ3v) is 8.61. The van der Waals surface area contributed by atoms with Crippen molar-refractivity contribution < 1.29 is 13.2 Å². The molecule has 1 saturated heterocycles. The van der Waals surface area contributed by atoms with Crippen LogP contribution in [-0.4, -0.2) is 50.9 Å². The van der Waals surface area contributed by atoms with E-state index in [0.29, 0.717) is 23.9 Å². The van der Waals surface area contributed by atoms with Crippen molar-refractivity contribution in [2.45, 2.75) is 70.7 Å². The van der Waals surface area contributed by atoms with Crippen molar-refractivity contribution >= 4 is 10.0 Å². The Morgan fingerprint density at radius 1 is 0.818 bits per heavy atom. The van der Waals surface area contributed by atoms with Gasteiger partial charge in [0.1, 0.15) is 5.75 Å². The van der Waals surface area contributed by atoms with Crippen LogP contribution >= 0.6 is 0 Å². The van der Waals surface area contributed by atoms with Gasteiger partial charge < -0.3 is 4.74 Å². The lowest BCUT2D eigenvalue weighted by atomic mass is 9.89. The van der Waals surface area contributed by atoms with E-state index >= 15 is 0 Å². The highest BCUT2D eigenvalue weighted by atomic mass is 32.2. The number of piperazine rings is 1. The summed E-state index contributed by atoms with van der Waals surface area (Å²) in [6, 6.07) is 12.3. The molecule has 3 rings (SSSR count). The highest BCUT2D eigenvalue weighted by Gasteiger charge is 2.34. The second-order valence-corrected chi connectivity index (χ2v) is 11.9. The number of ether oxygens (including phenoxy) is 1. The molecule has 1 aliphatic heterocycles. The van der Waals surface area contributed by atoms with E-state index in [1.807, 2.05) is 12.1 Å². The molecule has 0 aliphatic carbocycles. The lowest BCUT2D eigenvalue weighted by Gasteiger charge is -2.35. The van der Waals surface area contributed by atoms with Gasteiger partial charge in [0.15, 0.2) is 0 Å². The van der Waals surface area contributed by atoms with Gasteiger partial charge >= 0.3 is 0 Å². The van der Waals surface area contributed by atoms with E-state index in [9.17, 15) is 8.42 Å². The zero-order valence-corrected chi connectivity index (χ0v) is 22.1. The summed E-state index contributed by atoms with van der Waals surface area (Å²) < 4.78 is 34.8. The standard InChI is InChI=1S/C27H40N2O3S/c1-19(2)23-16-25(20(3)4)27(26(17-23)21(5)6)33(30,31)29-14-12-28(13-15-29)18-22-8-10-24(32-7)11-9-22/h8-11,16-17,19-21H,12-15,18H2,1-7H3. The second-order valence-electron chi connectivity index (χ2n) is 10.0. The van der Waals surface area contributed by atoms with Gasteiger partial charge in [0, 0.05) is 32.7 Å². The molecule has 33 heavy (non-hydrogen) atoms. The Balaban J connectivity index is 1.84. The molecule has 1 fully saturated rings. The van der Waals surface area contributed by atoms with Crippen LogP contribution in [0.5, 0.6) is 5.75 Å². The fourth-order valence-electron chi connectivity index (χ4n) is 4.43. The van der Waals surface area contributed by atoms with Crippen LogP contribution in [0, 0.1) is 0 Å². The number of hydrogen-bond acceptors (Lipinski definition) is 4. The Bertz CT molecular complexity index is 1010. The molecule has 0 atom stereocenters. The van der Waals surface area contributed by atoms with Gasteiger partial charge in [0.05, 0.1) is 12.0 Å². The van der Waals surface area contributed by atoms with Crippen LogP contribution in [0.15, 0.2) is 41.3 Å². The largest absolute Gasteiger partial charge is 0.497 e. The Morgan fingerprint density at radius 2 is 1.33 bits per heavy atom. The average Bonchev–Trinajstić information content (AvgIpc) is 2.78. The van der Waals surface area contributed by atoms with E-state index in [-0.39, 0.29) is 11.8 Å². The van der Waals surface area contributed by atoms with Crippen molar-refractivity contribution in [2.24, 2.45) is 0 Å². The zero-order valence-electron chi connectivity index (χ0n) is 21.3. The first-order valence-corrected chi connectivity index (χ1v) is 13.5. The van der Waals surface area contributed by atoms with Crippen molar-refractivity contribution in [1.29, 1.82) is 0 Å². The Hall–Kier alpha value is -1.89. The molecule has 182 valence electrons. The van der Waals surface area contributed by atoms with Gasteiger partial charge in [-0.3, -0.25) is 4.90 Å². The van der Waals surface area contributed by atoms with Crippen LogP contribution in [0.3, 0.4) is 0 Å². The van der Waals surface area contributed by atoms with Crippen LogP contribution in [0.25, 0.3) is 0 Å². The van der Waals surface area contributed by atoms with E-state index in [2.05, 4.69) is 70.7 Å². The quantitative estimate of drug-likeness (QED) is 0.504. The van der Waals surface area contributed by atoms with Crippen LogP contribution in [0.1, 0.15) is 81.5 Å². The smallest absolute Gasteiger partial charge is 0.243 e. The van der Waals surface area contributed by atoms with Gasteiger partial charge in [-0.25, -0.2) is 8.42 Å². The Labute approximate surface area is 200 Å². The predicted octanol–water partition coefficient (Wildman–Crippen LogP) is 5.57. The topological polar surface area (TPSA) is 49.9 Å². The zero-order chi connectivity index (χ0) is 24.3. The number of methoxy groups -OCH3 is 1. The summed E-state index contributed by atoms with van der Waals surface area (Å²) in [6.45, 7) is 16.0. The molecule has 0 amide bonds. The van der Waals surface area contributed by atoms with E-state index in [1.165, 1.54) is 11.1 Å². The van der Waals surface area contributed by atoms with E-state index in [1.54, 1.807) is 11.4 Å². The maximum absolute atomic E-state index is 13.9. The maximum atomic E-state index is 13.9. The first-order chi connectivity index (χ1) is 15.5. The summed E-state index contributed by atoms with van der Waals surface area (Å²) in [6.07, 6.45) is 0. The Kier molecular flexibility index (Phi) is 8.25. The third-order valence-electron chi connectivity index (χ3n) is 6.57. The minimum absolute atomic E-state index is 0.141. The van der Waals surface area contributed by atoms with E-state index < -0.39 is 10.0 Å². The summed E-state index contributed by atoms with van der Waals surface area (Å²) in [5.41, 5.74) is 4.32. The van der Waals surface area contributed by atoms with Crippen LogP contribution in [-0.2, 0) is 16.6 Å². The maximum Gasteiger partial charge on any atom is 0.243 e. The molecule has 6 heteroatoms. The Morgan fingerprint density at radius 3 is 1.76 bits per heavy atom. The number of benzene rings is 2. The van der Waals surface area contributed by atoms with Gasteiger partial charge in [-0.15, -0.1) is 0 Å². The lowest BCUT2D eigenvalue weighted by molar-refractivity contribution is 0.181. The van der Waals surface area contributed by atoms with Crippen LogP contribution < -0.4 is 4.74 Å². The van der Waals surface area contributed by atoms with Crippen molar-refractivity contribution in [3.8, 4) is 5.75 Å². The van der Waals surface area contributed by atoms with Crippen molar-refractivity contribution in [1.82, 2.24) is 9.21 Å². The normalized spacial score (nSPS) is 16.2.